The maximum atomic E-state index is 15.1. The van der Waals surface area contributed by atoms with E-state index in [1.165, 1.54) is 6.33 Å². The number of amides is 1. The van der Waals surface area contributed by atoms with E-state index in [1.54, 1.807) is 30.5 Å². The number of carbonyl (C=O) groups is 1. The van der Waals surface area contributed by atoms with Gasteiger partial charge in [-0.15, -0.1) is 0 Å². The van der Waals surface area contributed by atoms with Crippen molar-refractivity contribution in [3.8, 4) is 22.8 Å². The van der Waals surface area contributed by atoms with Crippen molar-refractivity contribution in [2.75, 3.05) is 18.5 Å². The number of rotatable bonds is 6. The zero-order valence-corrected chi connectivity index (χ0v) is 20.8. The van der Waals surface area contributed by atoms with Crippen LogP contribution in [0.3, 0.4) is 0 Å². The van der Waals surface area contributed by atoms with Crippen molar-refractivity contribution < 1.29 is 23.0 Å². The molecule has 2 aliphatic carbocycles. The largest absolute Gasteiger partial charge is 0.464 e. The molecule has 7 rings (SSSR count). The quantitative estimate of drug-likeness (QED) is 0.317. The Morgan fingerprint density at radius 3 is 2.54 bits per heavy atom. The number of hydrogen-bond acceptors (Lipinski definition) is 7. The molecule has 1 aliphatic heterocycles. The number of nitrogens with zero attached hydrogens (tertiary/aromatic N) is 3. The summed E-state index contributed by atoms with van der Waals surface area (Å²) in [6.07, 6.45) is 7.14. The second-order valence-electron chi connectivity index (χ2n) is 10.3. The van der Waals surface area contributed by atoms with Gasteiger partial charge in [-0.3, -0.25) is 4.79 Å². The van der Waals surface area contributed by atoms with Crippen LogP contribution < -0.4 is 15.4 Å². The third-order valence-corrected chi connectivity index (χ3v) is 7.28. The average Bonchev–Trinajstić information content (AvgIpc) is 3.86. The number of ether oxygens (including phenoxy) is 2. The number of amidine groups is 1. The van der Waals surface area contributed by atoms with E-state index in [1.807, 2.05) is 0 Å². The average molecular weight is 531 g/mol. The molecule has 1 amide bonds. The molecule has 3 N–H and O–H groups in total. The highest BCUT2D eigenvalue weighted by Gasteiger charge is 2.45. The van der Waals surface area contributed by atoms with Gasteiger partial charge in [0.2, 0.25) is 11.6 Å². The van der Waals surface area contributed by atoms with Crippen molar-refractivity contribution >= 4 is 28.6 Å². The highest BCUT2D eigenvalue weighted by molar-refractivity contribution is 5.99. The predicted octanol–water partition coefficient (Wildman–Crippen LogP) is 5.17. The first kappa shape index (κ1) is 23.6. The minimum absolute atomic E-state index is 0.0139. The highest BCUT2D eigenvalue weighted by atomic mass is 19.1. The number of halogens is 2. The molecule has 0 unspecified atom stereocenters. The molecule has 39 heavy (non-hydrogen) atoms. The van der Waals surface area contributed by atoms with E-state index in [4.69, 9.17) is 9.47 Å². The fourth-order valence-electron chi connectivity index (χ4n) is 4.59. The Balaban J connectivity index is 1.14. The molecule has 2 aromatic carbocycles. The SMILES string of the molecule is O=C(NC1CC1)c1ccc(-c2c[nH]c3ncnc(Oc4c(F)cc(NC5=NCC6(CC6)CO5)cc4F)c23)cc1. The molecule has 3 aliphatic rings. The maximum Gasteiger partial charge on any atom is 0.289 e. The lowest BCUT2D eigenvalue weighted by molar-refractivity contribution is 0.0951. The van der Waals surface area contributed by atoms with Crippen LogP contribution in [0.15, 0.2) is 53.9 Å². The van der Waals surface area contributed by atoms with Crippen LogP contribution in [0, 0.1) is 17.0 Å². The van der Waals surface area contributed by atoms with Gasteiger partial charge in [-0.2, -0.15) is 0 Å². The fraction of sp³-hybridized carbons (Fsp3) is 0.286. The third-order valence-electron chi connectivity index (χ3n) is 7.28. The Bertz CT molecular complexity index is 1600. The summed E-state index contributed by atoms with van der Waals surface area (Å²) in [5.41, 5.74) is 2.70. The molecule has 11 heteroatoms. The molecular formula is C28H24F2N6O3. The Kier molecular flexibility index (Phi) is 5.46. The number of carbonyl (C=O) groups excluding carboxylic acids is 1. The number of anilines is 1. The van der Waals surface area contributed by atoms with E-state index in [-0.39, 0.29) is 35.0 Å². The summed E-state index contributed by atoms with van der Waals surface area (Å²) in [7, 11) is 0. The predicted molar refractivity (Wildman–Crippen MR) is 140 cm³/mol. The van der Waals surface area contributed by atoms with Crippen molar-refractivity contribution in [1.82, 2.24) is 20.3 Å². The van der Waals surface area contributed by atoms with Crippen LogP contribution in [-0.2, 0) is 4.74 Å². The Hall–Kier alpha value is -4.54. The van der Waals surface area contributed by atoms with Crippen molar-refractivity contribution in [3.63, 3.8) is 0 Å². The molecule has 9 nitrogen and oxygen atoms in total. The number of fused-ring (bicyclic) bond motifs is 1. The fourth-order valence-corrected chi connectivity index (χ4v) is 4.59. The van der Waals surface area contributed by atoms with Gasteiger partial charge in [0.15, 0.2) is 11.6 Å². The van der Waals surface area contributed by atoms with Crippen LogP contribution in [-0.4, -0.2) is 46.1 Å². The van der Waals surface area contributed by atoms with E-state index < -0.39 is 17.4 Å². The van der Waals surface area contributed by atoms with Crippen LogP contribution in [0.4, 0.5) is 14.5 Å². The van der Waals surface area contributed by atoms with E-state index in [0.29, 0.717) is 35.3 Å². The standard InChI is InChI=1S/C28H24F2N6O3/c29-20-9-18(36-27-32-12-28(7-8-28)13-38-27)10-21(30)23(20)39-26-22-19(11-31-24(22)33-14-34-26)15-1-3-16(4-2-15)25(37)35-17-5-6-17/h1-4,9-11,14,17H,5-8,12-13H2,(H,32,36)(H,35,37)(H,31,33,34). The van der Waals surface area contributed by atoms with Gasteiger partial charge in [-0.05, 0) is 43.4 Å². The number of aromatic nitrogens is 3. The van der Waals surface area contributed by atoms with Gasteiger partial charge >= 0.3 is 0 Å². The van der Waals surface area contributed by atoms with Gasteiger partial charge in [0.25, 0.3) is 11.9 Å². The van der Waals surface area contributed by atoms with E-state index >= 15 is 8.78 Å². The number of aromatic amines is 1. The van der Waals surface area contributed by atoms with E-state index in [9.17, 15) is 4.79 Å². The summed E-state index contributed by atoms with van der Waals surface area (Å²) in [4.78, 5) is 28.1. The van der Waals surface area contributed by atoms with Crippen LogP contribution >= 0.6 is 0 Å². The number of benzene rings is 2. The molecule has 2 saturated carbocycles. The summed E-state index contributed by atoms with van der Waals surface area (Å²) in [6, 6.07) is 9.79. The first-order valence-electron chi connectivity index (χ1n) is 12.8. The molecule has 2 aromatic heterocycles. The number of hydrogen-bond donors (Lipinski definition) is 3. The highest BCUT2D eigenvalue weighted by Crippen LogP contribution is 2.47. The Morgan fingerprint density at radius 1 is 1.10 bits per heavy atom. The lowest BCUT2D eigenvalue weighted by Gasteiger charge is -2.22. The summed E-state index contributed by atoms with van der Waals surface area (Å²) >= 11 is 0. The summed E-state index contributed by atoms with van der Waals surface area (Å²) in [6.45, 7) is 1.19. The molecule has 0 radical (unpaired) electrons. The van der Waals surface area contributed by atoms with Gasteiger partial charge in [0.1, 0.15) is 12.0 Å². The number of H-pyrrole nitrogens is 1. The van der Waals surface area contributed by atoms with Crippen molar-refractivity contribution in [2.45, 2.75) is 31.7 Å². The molecule has 198 valence electrons. The van der Waals surface area contributed by atoms with Crippen molar-refractivity contribution in [1.29, 1.82) is 0 Å². The van der Waals surface area contributed by atoms with Crippen molar-refractivity contribution in [2.24, 2.45) is 10.4 Å². The summed E-state index contributed by atoms with van der Waals surface area (Å²) < 4.78 is 41.5. The van der Waals surface area contributed by atoms with Gasteiger partial charge in [0.05, 0.1) is 18.5 Å². The first-order valence-corrected chi connectivity index (χ1v) is 12.8. The second-order valence-corrected chi connectivity index (χ2v) is 10.3. The van der Waals surface area contributed by atoms with Gasteiger partial charge in [-0.1, -0.05) is 12.1 Å². The summed E-state index contributed by atoms with van der Waals surface area (Å²) in [5, 5.41) is 6.25. The van der Waals surface area contributed by atoms with Gasteiger partial charge in [-0.25, -0.2) is 23.7 Å². The monoisotopic (exact) mass is 530 g/mol. The van der Waals surface area contributed by atoms with Crippen LogP contribution in [0.2, 0.25) is 0 Å². The molecule has 2 fully saturated rings. The van der Waals surface area contributed by atoms with Gasteiger partial charge in [0, 0.05) is 46.6 Å². The van der Waals surface area contributed by atoms with Crippen LogP contribution in [0.1, 0.15) is 36.0 Å². The van der Waals surface area contributed by atoms with Crippen molar-refractivity contribution in [3.05, 3.63) is 66.1 Å². The maximum absolute atomic E-state index is 15.1. The lowest BCUT2D eigenvalue weighted by Crippen LogP contribution is -2.29. The van der Waals surface area contributed by atoms with Gasteiger partial charge < -0.3 is 25.1 Å². The second kappa shape index (κ2) is 9.04. The molecule has 0 atom stereocenters. The lowest BCUT2D eigenvalue weighted by atomic mass is 10.0. The van der Waals surface area contributed by atoms with Crippen LogP contribution in [0.25, 0.3) is 22.2 Å². The Morgan fingerprint density at radius 2 is 1.87 bits per heavy atom. The minimum Gasteiger partial charge on any atom is -0.464 e. The zero-order valence-electron chi connectivity index (χ0n) is 20.8. The van der Waals surface area contributed by atoms with Crippen LogP contribution in [0.5, 0.6) is 11.6 Å². The number of aliphatic imine (C=N–C) groups is 1. The minimum atomic E-state index is -0.914. The topological polar surface area (TPSA) is 114 Å². The third kappa shape index (κ3) is 4.64. The molecule has 0 saturated heterocycles. The van der Waals surface area contributed by atoms with E-state index in [2.05, 4.69) is 30.6 Å². The van der Waals surface area contributed by atoms with E-state index in [0.717, 1.165) is 43.4 Å². The zero-order chi connectivity index (χ0) is 26.6. The normalized spacial score (nSPS) is 17.4. The summed E-state index contributed by atoms with van der Waals surface area (Å²) in [5.74, 6) is -2.55. The molecule has 1 spiro atoms. The molecule has 0 bridgehead atoms. The smallest absolute Gasteiger partial charge is 0.289 e. The first-order chi connectivity index (χ1) is 19.0. The molecule has 3 heterocycles. The Labute approximate surface area is 221 Å². The molecule has 4 aromatic rings. The molecular weight excluding hydrogens is 506 g/mol. The number of nitrogens with one attached hydrogen (secondary N) is 3.